The molecule has 142 valence electrons. The van der Waals surface area contributed by atoms with Crippen LogP contribution in [-0.2, 0) is 17.4 Å². The van der Waals surface area contributed by atoms with E-state index in [1.165, 1.54) is 6.07 Å². The molecule has 1 amide bonds. The third-order valence-corrected chi connectivity index (χ3v) is 4.21. The predicted molar refractivity (Wildman–Crippen MR) is 97.5 cm³/mol. The maximum Gasteiger partial charge on any atom is 0.417 e. The second kappa shape index (κ2) is 7.69. The Kier molecular flexibility index (Phi) is 5.34. The molecule has 0 unspecified atom stereocenters. The fourth-order valence-electron chi connectivity index (χ4n) is 2.84. The number of carbonyl (C=O) groups excluding carboxylic acids is 1. The van der Waals surface area contributed by atoms with Crippen molar-refractivity contribution in [3.63, 3.8) is 0 Å². The number of hydrogen-bond acceptors (Lipinski definition) is 3. The lowest BCUT2D eigenvalue weighted by molar-refractivity contribution is -0.137. The van der Waals surface area contributed by atoms with Gasteiger partial charge in [0.1, 0.15) is 5.82 Å². The average molecular weight is 376 g/mol. The van der Waals surface area contributed by atoms with Crippen molar-refractivity contribution in [3.05, 3.63) is 59.4 Å². The molecule has 0 spiro atoms. The first-order valence-corrected chi connectivity index (χ1v) is 8.44. The summed E-state index contributed by atoms with van der Waals surface area (Å²) >= 11 is 0. The lowest BCUT2D eigenvalue weighted by Gasteiger charge is -2.09. The summed E-state index contributed by atoms with van der Waals surface area (Å²) < 4.78 is 37.5. The molecule has 0 atom stereocenters. The minimum Gasteiger partial charge on any atom is -0.368 e. The zero-order chi connectivity index (χ0) is 19.4. The molecule has 0 saturated heterocycles. The zero-order valence-corrected chi connectivity index (χ0v) is 14.7. The van der Waals surface area contributed by atoms with E-state index in [4.69, 9.17) is 0 Å². The second-order valence-corrected chi connectivity index (χ2v) is 6.16. The van der Waals surface area contributed by atoms with E-state index >= 15 is 0 Å². The van der Waals surface area contributed by atoms with Crippen molar-refractivity contribution in [2.75, 3.05) is 18.4 Å². The fraction of sp³-hybridized carbons (Fsp3) is 0.263. The predicted octanol–water partition coefficient (Wildman–Crippen LogP) is 3.66. The van der Waals surface area contributed by atoms with E-state index in [1.807, 2.05) is 31.2 Å². The fourth-order valence-corrected chi connectivity index (χ4v) is 2.84. The standard InChI is InChI=1S/C19H19F3N4O/c1-12-15(14-4-2-3-5-16(14)26-12)10-18(27)24-9-8-23-17-7-6-13(11-25-17)19(20,21)22/h2-7,11,26H,8-10H2,1H3,(H,23,25)(H,24,27). The van der Waals surface area contributed by atoms with Crippen LogP contribution < -0.4 is 10.6 Å². The number of carbonyl (C=O) groups is 1. The number of fused-ring (bicyclic) bond motifs is 1. The van der Waals surface area contributed by atoms with Gasteiger partial charge in [-0.15, -0.1) is 0 Å². The normalized spacial score (nSPS) is 11.6. The van der Waals surface area contributed by atoms with Crippen molar-refractivity contribution in [1.82, 2.24) is 15.3 Å². The molecule has 3 rings (SSSR count). The van der Waals surface area contributed by atoms with Crippen LogP contribution in [0.3, 0.4) is 0 Å². The van der Waals surface area contributed by atoms with Crippen molar-refractivity contribution in [2.24, 2.45) is 0 Å². The van der Waals surface area contributed by atoms with Crippen LogP contribution in [0.5, 0.6) is 0 Å². The van der Waals surface area contributed by atoms with Crippen LogP contribution in [-0.4, -0.2) is 29.0 Å². The van der Waals surface area contributed by atoms with E-state index in [1.54, 1.807) is 0 Å². The maximum atomic E-state index is 12.5. The summed E-state index contributed by atoms with van der Waals surface area (Å²) in [5, 5.41) is 6.70. The van der Waals surface area contributed by atoms with E-state index in [0.717, 1.165) is 34.4 Å². The van der Waals surface area contributed by atoms with Gasteiger partial charge in [-0.05, 0) is 30.7 Å². The number of anilines is 1. The molecule has 0 aliphatic rings. The number of aromatic amines is 1. The first kappa shape index (κ1) is 18.8. The van der Waals surface area contributed by atoms with Crippen LogP contribution in [0.4, 0.5) is 19.0 Å². The summed E-state index contributed by atoms with van der Waals surface area (Å²) in [4.78, 5) is 19.2. The number of hydrogen-bond donors (Lipinski definition) is 3. The Bertz CT molecular complexity index is 932. The quantitative estimate of drug-likeness (QED) is 0.575. The molecule has 0 aliphatic carbocycles. The molecule has 3 N–H and O–H groups in total. The van der Waals surface area contributed by atoms with E-state index in [9.17, 15) is 18.0 Å². The third-order valence-electron chi connectivity index (χ3n) is 4.21. The Morgan fingerprint density at radius 3 is 2.63 bits per heavy atom. The first-order chi connectivity index (χ1) is 12.8. The van der Waals surface area contributed by atoms with Crippen molar-refractivity contribution in [1.29, 1.82) is 0 Å². The Labute approximate surface area is 154 Å². The highest BCUT2D eigenvalue weighted by molar-refractivity contribution is 5.90. The van der Waals surface area contributed by atoms with Gasteiger partial charge in [-0.2, -0.15) is 13.2 Å². The van der Waals surface area contributed by atoms with Gasteiger partial charge >= 0.3 is 6.18 Å². The summed E-state index contributed by atoms with van der Waals surface area (Å²) in [6, 6.07) is 10.0. The number of H-pyrrole nitrogens is 1. The Hall–Kier alpha value is -3.03. The first-order valence-electron chi connectivity index (χ1n) is 8.44. The van der Waals surface area contributed by atoms with Crippen LogP contribution in [0.15, 0.2) is 42.6 Å². The molecule has 5 nitrogen and oxygen atoms in total. The van der Waals surface area contributed by atoms with Crippen LogP contribution in [0, 0.1) is 6.92 Å². The molecular weight excluding hydrogens is 357 g/mol. The van der Waals surface area contributed by atoms with E-state index < -0.39 is 11.7 Å². The van der Waals surface area contributed by atoms with Gasteiger partial charge in [0.05, 0.1) is 12.0 Å². The van der Waals surface area contributed by atoms with Gasteiger partial charge in [-0.1, -0.05) is 18.2 Å². The number of rotatable bonds is 6. The summed E-state index contributed by atoms with van der Waals surface area (Å²) in [7, 11) is 0. The summed E-state index contributed by atoms with van der Waals surface area (Å²) in [6.45, 7) is 2.63. The van der Waals surface area contributed by atoms with Gasteiger partial charge in [-0.25, -0.2) is 4.98 Å². The third kappa shape index (κ3) is 4.58. The highest BCUT2D eigenvalue weighted by Crippen LogP contribution is 2.28. The molecule has 2 aromatic heterocycles. The van der Waals surface area contributed by atoms with E-state index in [0.29, 0.717) is 18.9 Å². The van der Waals surface area contributed by atoms with Gasteiger partial charge in [0, 0.05) is 35.9 Å². The molecule has 0 aliphatic heterocycles. The lowest BCUT2D eigenvalue weighted by Crippen LogP contribution is -2.30. The summed E-state index contributed by atoms with van der Waals surface area (Å²) in [5.41, 5.74) is 2.11. The number of benzene rings is 1. The Morgan fingerprint density at radius 2 is 1.93 bits per heavy atom. The van der Waals surface area contributed by atoms with E-state index in [-0.39, 0.29) is 12.3 Å². The topological polar surface area (TPSA) is 69.8 Å². The van der Waals surface area contributed by atoms with Crippen LogP contribution in [0.25, 0.3) is 10.9 Å². The number of nitrogens with one attached hydrogen (secondary N) is 3. The van der Waals surface area contributed by atoms with Crippen LogP contribution in [0.1, 0.15) is 16.8 Å². The number of halogens is 3. The minimum absolute atomic E-state index is 0.120. The van der Waals surface area contributed by atoms with Gasteiger partial charge in [0.2, 0.25) is 5.91 Å². The zero-order valence-electron chi connectivity index (χ0n) is 14.7. The highest BCUT2D eigenvalue weighted by atomic mass is 19.4. The maximum absolute atomic E-state index is 12.5. The van der Waals surface area contributed by atoms with Crippen molar-refractivity contribution < 1.29 is 18.0 Å². The molecule has 27 heavy (non-hydrogen) atoms. The number of para-hydroxylation sites is 1. The monoisotopic (exact) mass is 376 g/mol. The second-order valence-electron chi connectivity index (χ2n) is 6.16. The number of pyridine rings is 1. The molecule has 8 heteroatoms. The van der Waals surface area contributed by atoms with E-state index in [2.05, 4.69) is 20.6 Å². The Morgan fingerprint density at radius 1 is 1.15 bits per heavy atom. The molecule has 2 heterocycles. The molecule has 0 saturated carbocycles. The molecule has 1 aromatic carbocycles. The summed E-state index contributed by atoms with van der Waals surface area (Å²) in [6.07, 6.45) is -3.37. The molecular formula is C19H19F3N4O. The molecule has 0 fully saturated rings. The van der Waals surface area contributed by atoms with Crippen molar-refractivity contribution in [2.45, 2.75) is 19.5 Å². The van der Waals surface area contributed by atoms with Gasteiger partial charge in [0.15, 0.2) is 0 Å². The number of alkyl halides is 3. The number of aryl methyl sites for hydroxylation is 1. The highest BCUT2D eigenvalue weighted by Gasteiger charge is 2.30. The van der Waals surface area contributed by atoms with Gasteiger partial charge in [0.25, 0.3) is 0 Å². The van der Waals surface area contributed by atoms with Crippen LogP contribution >= 0.6 is 0 Å². The smallest absolute Gasteiger partial charge is 0.368 e. The molecule has 0 radical (unpaired) electrons. The number of amides is 1. The number of aromatic nitrogens is 2. The largest absolute Gasteiger partial charge is 0.417 e. The molecule has 3 aromatic rings. The van der Waals surface area contributed by atoms with Gasteiger partial charge in [-0.3, -0.25) is 4.79 Å². The SMILES string of the molecule is Cc1[nH]c2ccccc2c1CC(=O)NCCNc1ccc(C(F)(F)F)cn1. The number of nitrogens with zero attached hydrogens (tertiary/aromatic N) is 1. The van der Waals surface area contributed by atoms with Crippen molar-refractivity contribution in [3.8, 4) is 0 Å². The Balaban J connectivity index is 1.48. The minimum atomic E-state index is -4.40. The van der Waals surface area contributed by atoms with Crippen molar-refractivity contribution >= 4 is 22.6 Å². The van der Waals surface area contributed by atoms with Crippen LogP contribution in [0.2, 0.25) is 0 Å². The van der Waals surface area contributed by atoms with Gasteiger partial charge < -0.3 is 15.6 Å². The lowest BCUT2D eigenvalue weighted by atomic mass is 10.1. The average Bonchev–Trinajstić information content (AvgIpc) is 2.94. The molecule has 0 bridgehead atoms. The summed E-state index contributed by atoms with van der Waals surface area (Å²) in [5.74, 6) is 0.203.